The topological polar surface area (TPSA) is 72.9 Å². The van der Waals surface area contributed by atoms with E-state index in [0.29, 0.717) is 17.1 Å². The predicted octanol–water partition coefficient (Wildman–Crippen LogP) is 1.86. The van der Waals surface area contributed by atoms with Crippen molar-refractivity contribution in [3.8, 4) is 0 Å². The number of aryl methyl sites for hydroxylation is 2. The second-order valence-electron chi connectivity index (χ2n) is 4.22. The van der Waals surface area contributed by atoms with Gasteiger partial charge in [-0.2, -0.15) is 16.4 Å². The molecule has 2 rings (SSSR count). The molecular formula is C12H16N4OS. The van der Waals surface area contributed by atoms with E-state index in [9.17, 15) is 4.79 Å². The van der Waals surface area contributed by atoms with Crippen molar-refractivity contribution in [2.75, 3.05) is 5.73 Å². The first kappa shape index (κ1) is 12.6. The maximum Gasteiger partial charge on any atom is 0.272 e. The number of aromatic nitrogens is 2. The first-order valence-corrected chi connectivity index (χ1v) is 6.57. The molecule has 1 atom stereocenters. The summed E-state index contributed by atoms with van der Waals surface area (Å²) in [7, 11) is 1.72. The van der Waals surface area contributed by atoms with Crippen molar-refractivity contribution in [3.63, 3.8) is 0 Å². The number of nitrogen functional groups attached to an aromatic ring is 1. The van der Waals surface area contributed by atoms with Crippen LogP contribution < -0.4 is 11.1 Å². The lowest BCUT2D eigenvalue weighted by Gasteiger charge is -2.13. The molecule has 5 nitrogen and oxygen atoms in total. The van der Waals surface area contributed by atoms with E-state index < -0.39 is 0 Å². The molecule has 0 saturated carbocycles. The molecule has 0 spiro atoms. The zero-order valence-corrected chi connectivity index (χ0v) is 11.4. The first-order valence-electron chi connectivity index (χ1n) is 5.62. The number of carbonyl (C=O) groups is 1. The number of rotatable bonds is 3. The quantitative estimate of drug-likeness (QED) is 0.888. The van der Waals surface area contributed by atoms with Crippen LogP contribution in [0, 0.1) is 6.92 Å². The third-order valence-electron chi connectivity index (χ3n) is 2.87. The van der Waals surface area contributed by atoms with Crippen LogP contribution in [0.5, 0.6) is 0 Å². The lowest BCUT2D eigenvalue weighted by atomic mass is 10.2. The SMILES string of the molecule is Cc1nn(C)c(C(=O)NC(C)c2ccsc2)c1N. The predicted molar refractivity (Wildman–Crippen MR) is 72.6 cm³/mol. The Hall–Kier alpha value is -1.82. The number of nitrogens with zero attached hydrogens (tertiary/aromatic N) is 2. The minimum atomic E-state index is -0.200. The second-order valence-corrected chi connectivity index (χ2v) is 5.00. The van der Waals surface area contributed by atoms with Crippen molar-refractivity contribution in [3.05, 3.63) is 33.8 Å². The molecule has 2 aromatic rings. The summed E-state index contributed by atoms with van der Waals surface area (Å²) >= 11 is 1.61. The molecule has 6 heteroatoms. The van der Waals surface area contributed by atoms with Gasteiger partial charge in [-0.25, -0.2) is 0 Å². The average Bonchev–Trinajstić information content (AvgIpc) is 2.88. The van der Waals surface area contributed by atoms with Crippen LogP contribution in [0.25, 0.3) is 0 Å². The molecule has 3 N–H and O–H groups in total. The molecule has 18 heavy (non-hydrogen) atoms. The number of carbonyl (C=O) groups excluding carboxylic acids is 1. The van der Waals surface area contributed by atoms with Crippen LogP contribution in [0.2, 0.25) is 0 Å². The Morgan fingerprint density at radius 1 is 1.61 bits per heavy atom. The fourth-order valence-corrected chi connectivity index (χ4v) is 2.57. The van der Waals surface area contributed by atoms with Gasteiger partial charge in [0, 0.05) is 7.05 Å². The van der Waals surface area contributed by atoms with Gasteiger partial charge in [-0.3, -0.25) is 9.48 Å². The Labute approximate surface area is 110 Å². The van der Waals surface area contributed by atoms with Crippen LogP contribution in [-0.2, 0) is 7.05 Å². The van der Waals surface area contributed by atoms with E-state index in [1.807, 2.05) is 23.8 Å². The first-order chi connectivity index (χ1) is 8.50. The molecule has 0 saturated heterocycles. The fourth-order valence-electron chi connectivity index (χ4n) is 1.81. The molecule has 0 bridgehead atoms. The van der Waals surface area contributed by atoms with Crippen LogP contribution in [0.4, 0.5) is 5.69 Å². The largest absolute Gasteiger partial charge is 0.395 e. The Balaban J connectivity index is 2.17. The van der Waals surface area contributed by atoms with Gasteiger partial charge in [0.2, 0.25) is 0 Å². The monoisotopic (exact) mass is 264 g/mol. The normalized spacial score (nSPS) is 12.4. The van der Waals surface area contributed by atoms with Crippen LogP contribution in [0.15, 0.2) is 16.8 Å². The van der Waals surface area contributed by atoms with E-state index in [0.717, 1.165) is 5.56 Å². The number of nitrogens with one attached hydrogen (secondary N) is 1. The van der Waals surface area contributed by atoms with Crippen molar-refractivity contribution in [2.24, 2.45) is 7.05 Å². The smallest absolute Gasteiger partial charge is 0.272 e. The average molecular weight is 264 g/mol. The number of thiophene rings is 1. The van der Waals surface area contributed by atoms with E-state index in [4.69, 9.17) is 5.73 Å². The van der Waals surface area contributed by atoms with Crippen molar-refractivity contribution < 1.29 is 4.79 Å². The van der Waals surface area contributed by atoms with Gasteiger partial charge in [0.1, 0.15) is 5.69 Å². The molecule has 0 aromatic carbocycles. The maximum absolute atomic E-state index is 12.2. The molecule has 96 valence electrons. The Kier molecular flexibility index (Phi) is 3.38. The van der Waals surface area contributed by atoms with E-state index in [1.54, 1.807) is 25.3 Å². The van der Waals surface area contributed by atoms with Gasteiger partial charge in [0.25, 0.3) is 5.91 Å². The molecule has 0 aliphatic heterocycles. The van der Waals surface area contributed by atoms with Gasteiger partial charge >= 0.3 is 0 Å². The molecule has 1 amide bonds. The molecular weight excluding hydrogens is 248 g/mol. The summed E-state index contributed by atoms with van der Waals surface area (Å²) in [6.45, 7) is 3.73. The number of hydrogen-bond donors (Lipinski definition) is 2. The fraction of sp³-hybridized carbons (Fsp3) is 0.333. The van der Waals surface area contributed by atoms with E-state index in [-0.39, 0.29) is 11.9 Å². The number of anilines is 1. The van der Waals surface area contributed by atoms with Gasteiger partial charge in [0.05, 0.1) is 17.4 Å². The summed E-state index contributed by atoms with van der Waals surface area (Å²) < 4.78 is 1.51. The van der Waals surface area contributed by atoms with Crippen LogP contribution >= 0.6 is 11.3 Å². The van der Waals surface area contributed by atoms with Gasteiger partial charge in [0.15, 0.2) is 0 Å². The summed E-state index contributed by atoms with van der Waals surface area (Å²) in [5.41, 5.74) is 8.47. The van der Waals surface area contributed by atoms with Crippen molar-refractivity contribution >= 4 is 22.9 Å². The lowest BCUT2D eigenvalue weighted by Crippen LogP contribution is -2.28. The van der Waals surface area contributed by atoms with Crippen molar-refractivity contribution in [2.45, 2.75) is 19.9 Å². The maximum atomic E-state index is 12.2. The molecule has 0 fully saturated rings. The minimum absolute atomic E-state index is 0.0432. The van der Waals surface area contributed by atoms with Crippen molar-refractivity contribution in [1.82, 2.24) is 15.1 Å². The highest BCUT2D eigenvalue weighted by molar-refractivity contribution is 7.07. The molecule has 2 heterocycles. The Morgan fingerprint density at radius 2 is 2.33 bits per heavy atom. The third kappa shape index (κ3) is 2.24. The Morgan fingerprint density at radius 3 is 2.83 bits per heavy atom. The summed E-state index contributed by atoms with van der Waals surface area (Å²) in [5.74, 6) is -0.200. The van der Waals surface area contributed by atoms with E-state index in [2.05, 4.69) is 10.4 Å². The van der Waals surface area contributed by atoms with E-state index >= 15 is 0 Å². The second kappa shape index (κ2) is 4.81. The Bertz CT molecular complexity index is 559. The highest BCUT2D eigenvalue weighted by Crippen LogP contribution is 2.19. The number of hydrogen-bond acceptors (Lipinski definition) is 4. The summed E-state index contributed by atoms with van der Waals surface area (Å²) in [6.07, 6.45) is 0. The van der Waals surface area contributed by atoms with E-state index in [1.165, 1.54) is 4.68 Å². The zero-order valence-electron chi connectivity index (χ0n) is 10.6. The standard InChI is InChI=1S/C12H16N4OS/c1-7(9-4-5-18-6-9)14-12(17)11-10(13)8(2)15-16(11)3/h4-7H,13H2,1-3H3,(H,14,17). The zero-order chi connectivity index (χ0) is 13.3. The van der Waals surface area contributed by atoms with Crippen molar-refractivity contribution in [1.29, 1.82) is 0 Å². The number of nitrogens with two attached hydrogens (primary N) is 1. The van der Waals surface area contributed by atoms with Crippen LogP contribution in [0.1, 0.15) is 34.7 Å². The van der Waals surface area contributed by atoms with Gasteiger partial charge in [-0.05, 0) is 36.2 Å². The number of amides is 1. The molecule has 0 aliphatic carbocycles. The molecule has 0 radical (unpaired) electrons. The molecule has 2 aromatic heterocycles. The van der Waals surface area contributed by atoms with Crippen LogP contribution in [0.3, 0.4) is 0 Å². The summed E-state index contributed by atoms with van der Waals surface area (Å²) in [6, 6.07) is 1.95. The summed E-state index contributed by atoms with van der Waals surface area (Å²) in [4.78, 5) is 12.2. The highest BCUT2D eigenvalue weighted by Gasteiger charge is 2.19. The van der Waals surface area contributed by atoms with Gasteiger partial charge in [-0.1, -0.05) is 0 Å². The summed E-state index contributed by atoms with van der Waals surface area (Å²) in [5, 5.41) is 11.1. The van der Waals surface area contributed by atoms with Crippen LogP contribution in [-0.4, -0.2) is 15.7 Å². The highest BCUT2D eigenvalue weighted by atomic mass is 32.1. The minimum Gasteiger partial charge on any atom is -0.395 e. The molecule has 1 unspecified atom stereocenters. The third-order valence-corrected chi connectivity index (χ3v) is 3.58. The molecule has 0 aliphatic rings. The van der Waals surface area contributed by atoms with Gasteiger partial charge < -0.3 is 11.1 Å². The lowest BCUT2D eigenvalue weighted by molar-refractivity contribution is 0.0931. The van der Waals surface area contributed by atoms with Gasteiger partial charge in [-0.15, -0.1) is 0 Å².